The second-order valence-electron chi connectivity index (χ2n) is 3.85. The molecule has 0 saturated heterocycles. The van der Waals surface area contributed by atoms with Crippen LogP contribution in [0.2, 0.25) is 0 Å². The van der Waals surface area contributed by atoms with E-state index in [4.69, 9.17) is 0 Å². The fourth-order valence-electron chi connectivity index (χ4n) is 2.11. The van der Waals surface area contributed by atoms with E-state index < -0.39 is 0 Å². The molecule has 66 valence electrons. The third-order valence-corrected chi connectivity index (χ3v) is 3.48. The second-order valence-corrected chi connectivity index (χ2v) is 4.65. The highest BCUT2D eigenvalue weighted by molar-refractivity contribution is 9.09. The average Bonchev–Trinajstić information content (AvgIpc) is 2.07. The molecule has 0 bridgehead atoms. The quantitative estimate of drug-likeness (QED) is 0.629. The molecule has 1 heteroatoms. The zero-order chi connectivity index (χ0) is 8.10. The highest BCUT2D eigenvalue weighted by Crippen LogP contribution is 2.31. The van der Waals surface area contributed by atoms with Crippen LogP contribution < -0.4 is 0 Å². The van der Waals surface area contributed by atoms with Crippen molar-refractivity contribution in [2.24, 2.45) is 11.8 Å². The molecule has 11 heavy (non-hydrogen) atoms. The Bertz CT molecular complexity index is 95.0. The minimum Gasteiger partial charge on any atom is -0.0928 e. The Balaban J connectivity index is 2.21. The van der Waals surface area contributed by atoms with Gasteiger partial charge in [0.15, 0.2) is 0 Å². The van der Waals surface area contributed by atoms with Gasteiger partial charge in [-0.25, -0.2) is 0 Å². The van der Waals surface area contributed by atoms with Crippen LogP contribution >= 0.6 is 15.9 Å². The molecule has 0 nitrogen and oxygen atoms in total. The van der Waals surface area contributed by atoms with E-state index in [-0.39, 0.29) is 0 Å². The standard InChI is InChI=1S/C10H19Br/c1-9(7-8-11)10-5-3-2-4-6-10/h9-10H,2-8H2,1H3/t9-/m1/s1. The molecule has 0 heterocycles. The lowest BCUT2D eigenvalue weighted by Crippen LogP contribution is -2.15. The van der Waals surface area contributed by atoms with Crippen molar-refractivity contribution in [3.05, 3.63) is 0 Å². The van der Waals surface area contributed by atoms with E-state index in [1.54, 1.807) is 0 Å². The summed E-state index contributed by atoms with van der Waals surface area (Å²) in [5, 5.41) is 1.19. The molecular formula is C10H19Br. The van der Waals surface area contributed by atoms with E-state index in [1.165, 1.54) is 43.9 Å². The molecule has 1 atom stereocenters. The summed E-state index contributed by atoms with van der Waals surface area (Å²) in [6.45, 7) is 2.41. The maximum atomic E-state index is 3.52. The first kappa shape index (κ1) is 9.57. The number of rotatable bonds is 3. The van der Waals surface area contributed by atoms with Crippen molar-refractivity contribution in [2.45, 2.75) is 45.4 Å². The van der Waals surface area contributed by atoms with Gasteiger partial charge in [-0.3, -0.25) is 0 Å². The summed E-state index contributed by atoms with van der Waals surface area (Å²) in [5.41, 5.74) is 0. The summed E-state index contributed by atoms with van der Waals surface area (Å²) in [7, 11) is 0. The summed E-state index contributed by atoms with van der Waals surface area (Å²) in [5.74, 6) is 2.00. The molecule has 0 aromatic carbocycles. The van der Waals surface area contributed by atoms with Gasteiger partial charge in [0.2, 0.25) is 0 Å². The number of hydrogen-bond donors (Lipinski definition) is 0. The first-order valence-electron chi connectivity index (χ1n) is 4.90. The van der Waals surface area contributed by atoms with Crippen molar-refractivity contribution in [1.82, 2.24) is 0 Å². The second kappa shape index (κ2) is 5.18. The van der Waals surface area contributed by atoms with Gasteiger partial charge in [0.05, 0.1) is 0 Å². The monoisotopic (exact) mass is 218 g/mol. The van der Waals surface area contributed by atoms with Gasteiger partial charge in [0, 0.05) is 5.33 Å². The maximum absolute atomic E-state index is 3.52. The van der Waals surface area contributed by atoms with Crippen LogP contribution in [-0.2, 0) is 0 Å². The van der Waals surface area contributed by atoms with Gasteiger partial charge >= 0.3 is 0 Å². The lowest BCUT2D eigenvalue weighted by atomic mass is 9.80. The molecule has 0 spiro atoms. The van der Waals surface area contributed by atoms with Crippen LogP contribution in [0.3, 0.4) is 0 Å². The molecule has 0 aromatic rings. The van der Waals surface area contributed by atoms with Crippen molar-refractivity contribution < 1.29 is 0 Å². The van der Waals surface area contributed by atoms with E-state index in [0.29, 0.717) is 0 Å². The van der Waals surface area contributed by atoms with Crippen molar-refractivity contribution in [3.8, 4) is 0 Å². The average molecular weight is 219 g/mol. The van der Waals surface area contributed by atoms with Gasteiger partial charge in [-0.05, 0) is 18.3 Å². The summed E-state index contributed by atoms with van der Waals surface area (Å²) >= 11 is 3.52. The van der Waals surface area contributed by atoms with E-state index >= 15 is 0 Å². The van der Waals surface area contributed by atoms with Crippen molar-refractivity contribution in [2.75, 3.05) is 5.33 Å². The van der Waals surface area contributed by atoms with E-state index in [9.17, 15) is 0 Å². The van der Waals surface area contributed by atoms with Crippen LogP contribution in [0.15, 0.2) is 0 Å². The lowest BCUT2D eigenvalue weighted by molar-refractivity contribution is 0.260. The summed E-state index contributed by atoms with van der Waals surface area (Å²) in [6, 6.07) is 0. The molecule has 1 fully saturated rings. The highest BCUT2D eigenvalue weighted by atomic mass is 79.9. The molecule has 1 rings (SSSR count). The Morgan fingerprint density at radius 3 is 2.45 bits per heavy atom. The van der Waals surface area contributed by atoms with Crippen LogP contribution in [0.1, 0.15) is 45.4 Å². The van der Waals surface area contributed by atoms with E-state index in [0.717, 1.165) is 11.8 Å². The molecule has 1 saturated carbocycles. The lowest BCUT2D eigenvalue weighted by Gasteiger charge is -2.27. The van der Waals surface area contributed by atoms with Crippen molar-refractivity contribution >= 4 is 15.9 Å². The largest absolute Gasteiger partial charge is 0.0928 e. The van der Waals surface area contributed by atoms with Crippen molar-refractivity contribution in [1.29, 1.82) is 0 Å². The van der Waals surface area contributed by atoms with Crippen LogP contribution in [0.5, 0.6) is 0 Å². The van der Waals surface area contributed by atoms with E-state index in [2.05, 4.69) is 22.9 Å². The topological polar surface area (TPSA) is 0 Å². The Labute approximate surface area is 78.9 Å². The number of halogens is 1. The number of hydrogen-bond acceptors (Lipinski definition) is 0. The van der Waals surface area contributed by atoms with E-state index in [1.807, 2.05) is 0 Å². The predicted molar refractivity (Wildman–Crippen MR) is 54.2 cm³/mol. The normalized spacial score (nSPS) is 23.5. The Kier molecular flexibility index (Phi) is 4.51. The molecular weight excluding hydrogens is 200 g/mol. The van der Waals surface area contributed by atoms with Gasteiger partial charge in [-0.15, -0.1) is 0 Å². The predicted octanol–water partition coefficient (Wildman–Crippen LogP) is 3.99. The molecule has 1 aliphatic carbocycles. The van der Waals surface area contributed by atoms with Gasteiger partial charge < -0.3 is 0 Å². The third-order valence-electron chi connectivity index (χ3n) is 3.02. The summed E-state index contributed by atoms with van der Waals surface area (Å²) < 4.78 is 0. The summed E-state index contributed by atoms with van der Waals surface area (Å²) in [6.07, 6.45) is 8.80. The molecule has 1 aliphatic rings. The van der Waals surface area contributed by atoms with Gasteiger partial charge in [-0.1, -0.05) is 55.0 Å². The van der Waals surface area contributed by atoms with Gasteiger partial charge in [0.25, 0.3) is 0 Å². The zero-order valence-corrected chi connectivity index (χ0v) is 9.07. The maximum Gasteiger partial charge on any atom is 0.00339 e. The molecule has 0 aromatic heterocycles. The van der Waals surface area contributed by atoms with Gasteiger partial charge in [-0.2, -0.15) is 0 Å². The molecule has 0 amide bonds. The SMILES string of the molecule is C[C@H](CCBr)C1CCCCC1. The Morgan fingerprint density at radius 1 is 1.27 bits per heavy atom. The molecule has 0 aliphatic heterocycles. The molecule has 0 unspecified atom stereocenters. The van der Waals surface area contributed by atoms with Gasteiger partial charge in [0.1, 0.15) is 0 Å². The minimum atomic E-state index is 0.953. The minimum absolute atomic E-state index is 0.953. The Morgan fingerprint density at radius 2 is 1.91 bits per heavy atom. The fraction of sp³-hybridized carbons (Fsp3) is 1.00. The molecule has 0 radical (unpaired) electrons. The summed E-state index contributed by atoms with van der Waals surface area (Å²) in [4.78, 5) is 0. The smallest absolute Gasteiger partial charge is 0.00339 e. The first-order chi connectivity index (χ1) is 5.34. The van der Waals surface area contributed by atoms with Crippen LogP contribution in [-0.4, -0.2) is 5.33 Å². The highest BCUT2D eigenvalue weighted by Gasteiger charge is 2.18. The van der Waals surface area contributed by atoms with Crippen LogP contribution in [0, 0.1) is 11.8 Å². The third kappa shape index (κ3) is 3.14. The van der Waals surface area contributed by atoms with Crippen molar-refractivity contribution in [3.63, 3.8) is 0 Å². The van der Waals surface area contributed by atoms with Crippen LogP contribution in [0.25, 0.3) is 0 Å². The van der Waals surface area contributed by atoms with Crippen LogP contribution in [0.4, 0.5) is 0 Å². The zero-order valence-electron chi connectivity index (χ0n) is 7.48. The first-order valence-corrected chi connectivity index (χ1v) is 6.02. The molecule has 0 N–H and O–H groups in total. The number of alkyl halides is 1. The fourth-order valence-corrected chi connectivity index (χ4v) is 2.83. The Hall–Kier alpha value is 0.480.